The highest BCUT2D eigenvalue weighted by Gasteiger charge is 2.33. The molecule has 7 nitrogen and oxygen atoms in total. The van der Waals surface area contributed by atoms with Gasteiger partial charge in [0.2, 0.25) is 0 Å². The van der Waals surface area contributed by atoms with Crippen LogP contribution in [-0.2, 0) is 9.47 Å². The number of amides is 1. The molecule has 1 saturated heterocycles. The first-order chi connectivity index (χ1) is 11.7. The van der Waals surface area contributed by atoms with Crippen molar-refractivity contribution < 1.29 is 14.3 Å². The second-order valence-corrected chi connectivity index (χ2v) is 8.10. The molecule has 0 aromatic carbocycles. The topological polar surface area (TPSA) is 84.0 Å². The molecule has 1 aliphatic heterocycles. The predicted molar refractivity (Wildman–Crippen MR) is 101 cm³/mol. The highest BCUT2D eigenvalue weighted by atomic mass is 16.6. The molecule has 0 spiro atoms. The molecule has 1 rings (SSSR count). The van der Waals surface area contributed by atoms with Gasteiger partial charge in [-0.1, -0.05) is 26.7 Å². The standard InChI is InChI=1S/C18H36N4O3/c1-7-8-9-14(10-20-16(23)25-17(2,3)4)22-15(19-6)21-11-18(5)12-24-13-18/h14H,7-13H2,1-6H3,(H,20,23)(H2,19,21,22). The van der Waals surface area contributed by atoms with Gasteiger partial charge in [0.25, 0.3) is 0 Å². The van der Waals surface area contributed by atoms with Crippen LogP contribution < -0.4 is 16.0 Å². The molecule has 1 amide bonds. The lowest BCUT2D eigenvalue weighted by Crippen LogP contribution is -2.54. The lowest BCUT2D eigenvalue weighted by atomic mass is 9.89. The number of aliphatic imine (C=N–C) groups is 1. The van der Waals surface area contributed by atoms with E-state index in [1.54, 1.807) is 7.05 Å². The van der Waals surface area contributed by atoms with Gasteiger partial charge < -0.3 is 25.4 Å². The van der Waals surface area contributed by atoms with E-state index in [0.29, 0.717) is 6.54 Å². The number of alkyl carbamates (subject to hydrolysis) is 1. The Morgan fingerprint density at radius 2 is 2.00 bits per heavy atom. The van der Waals surface area contributed by atoms with E-state index in [-0.39, 0.29) is 11.5 Å². The van der Waals surface area contributed by atoms with Gasteiger partial charge in [-0.2, -0.15) is 0 Å². The van der Waals surface area contributed by atoms with E-state index in [0.717, 1.165) is 45.0 Å². The predicted octanol–water partition coefficient (Wildman–Crippen LogP) is 2.27. The Kier molecular flexibility index (Phi) is 8.48. The fourth-order valence-electron chi connectivity index (χ4n) is 2.43. The van der Waals surface area contributed by atoms with Crippen LogP contribution in [0.1, 0.15) is 53.9 Å². The van der Waals surface area contributed by atoms with Gasteiger partial charge >= 0.3 is 6.09 Å². The Morgan fingerprint density at radius 3 is 2.48 bits per heavy atom. The van der Waals surface area contributed by atoms with Crippen LogP contribution in [0.4, 0.5) is 4.79 Å². The molecular weight excluding hydrogens is 320 g/mol. The van der Waals surface area contributed by atoms with E-state index in [2.05, 4.69) is 34.8 Å². The van der Waals surface area contributed by atoms with Gasteiger partial charge in [0.15, 0.2) is 5.96 Å². The fraction of sp³-hybridized carbons (Fsp3) is 0.889. The number of carbonyl (C=O) groups is 1. The van der Waals surface area contributed by atoms with Crippen molar-refractivity contribution in [2.45, 2.75) is 65.5 Å². The molecule has 0 bridgehead atoms. The number of unbranched alkanes of at least 4 members (excludes halogenated alkanes) is 1. The first-order valence-electron chi connectivity index (χ1n) is 9.19. The van der Waals surface area contributed by atoms with E-state index >= 15 is 0 Å². The Hall–Kier alpha value is -1.50. The first-order valence-corrected chi connectivity index (χ1v) is 9.19. The number of nitrogens with zero attached hydrogens (tertiary/aromatic N) is 1. The zero-order valence-electron chi connectivity index (χ0n) is 16.7. The maximum atomic E-state index is 11.9. The Morgan fingerprint density at radius 1 is 1.32 bits per heavy atom. The number of hydrogen-bond acceptors (Lipinski definition) is 4. The van der Waals surface area contributed by atoms with Crippen molar-refractivity contribution in [1.29, 1.82) is 0 Å². The molecular formula is C18H36N4O3. The summed E-state index contributed by atoms with van der Waals surface area (Å²) in [6, 6.07) is 0.101. The fourth-order valence-corrected chi connectivity index (χ4v) is 2.43. The normalized spacial score (nSPS) is 18.1. The monoisotopic (exact) mass is 356 g/mol. The first kappa shape index (κ1) is 21.5. The van der Waals surface area contributed by atoms with Crippen LogP contribution >= 0.6 is 0 Å². The van der Waals surface area contributed by atoms with E-state index in [9.17, 15) is 4.79 Å². The summed E-state index contributed by atoms with van der Waals surface area (Å²) in [5.74, 6) is 0.750. The van der Waals surface area contributed by atoms with Crippen LogP contribution in [0.5, 0.6) is 0 Å². The number of hydrogen-bond donors (Lipinski definition) is 3. The highest BCUT2D eigenvalue weighted by Crippen LogP contribution is 2.24. The zero-order chi connectivity index (χ0) is 18.9. The Labute approximate surface area is 152 Å². The summed E-state index contributed by atoms with van der Waals surface area (Å²) in [6.45, 7) is 12.8. The average Bonchev–Trinajstić information content (AvgIpc) is 2.49. The van der Waals surface area contributed by atoms with Crippen LogP contribution in [0.15, 0.2) is 4.99 Å². The third-order valence-electron chi connectivity index (χ3n) is 3.95. The van der Waals surface area contributed by atoms with Crippen molar-refractivity contribution in [3.05, 3.63) is 0 Å². The quantitative estimate of drug-likeness (QED) is 0.459. The van der Waals surface area contributed by atoms with Gasteiger partial charge in [0.05, 0.1) is 13.2 Å². The molecule has 1 unspecified atom stereocenters. The number of nitrogens with one attached hydrogen (secondary N) is 3. The van der Waals surface area contributed by atoms with Gasteiger partial charge in [-0.05, 0) is 27.2 Å². The van der Waals surface area contributed by atoms with E-state index in [4.69, 9.17) is 9.47 Å². The van der Waals surface area contributed by atoms with Crippen LogP contribution in [0.2, 0.25) is 0 Å². The number of rotatable bonds is 8. The second kappa shape index (κ2) is 9.85. The molecule has 0 saturated carbocycles. The SMILES string of the molecule is CCCCC(CNC(=O)OC(C)(C)C)NC(=NC)NCC1(C)COC1. The molecule has 1 atom stereocenters. The largest absolute Gasteiger partial charge is 0.444 e. The summed E-state index contributed by atoms with van der Waals surface area (Å²) < 4.78 is 10.6. The van der Waals surface area contributed by atoms with Gasteiger partial charge in [0.1, 0.15) is 5.60 Å². The molecule has 0 radical (unpaired) electrons. The van der Waals surface area contributed by atoms with Crippen molar-refractivity contribution in [3.8, 4) is 0 Å². The molecule has 0 aromatic rings. The van der Waals surface area contributed by atoms with Gasteiger partial charge in [-0.3, -0.25) is 4.99 Å². The molecule has 0 aromatic heterocycles. The third kappa shape index (κ3) is 8.95. The number of carbonyl (C=O) groups excluding carboxylic acids is 1. The van der Waals surface area contributed by atoms with Crippen molar-refractivity contribution in [2.75, 3.05) is 33.4 Å². The van der Waals surface area contributed by atoms with Crippen LogP contribution in [0, 0.1) is 5.41 Å². The molecule has 7 heteroatoms. The van der Waals surface area contributed by atoms with Crippen molar-refractivity contribution >= 4 is 12.1 Å². The Balaban J connectivity index is 2.47. The lowest BCUT2D eigenvalue weighted by Gasteiger charge is -2.38. The third-order valence-corrected chi connectivity index (χ3v) is 3.95. The smallest absolute Gasteiger partial charge is 0.407 e. The van der Waals surface area contributed by atoms with Crippen LogP contribution in [-0.4, -0.2) is 57.0 Å². The minimum absolute atomic E-state index is 0.101. The van der Waals surface area contributed by atoms with Crippen molar-refractivity contribution in [3.63, 3.8) is 0 Å². The van der Waals surface area contributed by atoms with E-state index in [1.807, 2.05) is 20.8 Å². The van der Waals surface area contributed by atoms with Gasteiger partial charge in [0, 0.05) is 31.6 Å². The lowest BCUT2D eigenvalue weighted by molar-refractivity contribution is -0.0971. The molecule has 1 aliphatic rings. The molecule has 25 heavy (non-hydrogen) atoms. The molecule has 3 N–H and O–H groups in total. The molecule has 0 aliphatic carbocycles. The van der Waals surface area contributed by atoms with Gasteiger partial charge in [-0.25, -0.2) is 4.79 Å². The molecule has 1 heterocycles. The van der Waals surface area contributed by atoms with E-state index < -0.39 is 11.7 Å². The second-order valence-electron chi connectivity index (χ2n) is 8.10. The summed E-state index contributed by atoms with van der Waals surface area (Å²) in [6.07, 6.45) is 2.74. The Bertz CT molecular complexity index is 442. The maximum absolute atomic E-state index is 11.9. The minimum Gasteiger partial charge on any atom is -0.444 e. The summed E-state index contributed by atoms with van der Waals surface area (Å²) in [5.41, 5.74) is -0.320. The summed E-state index contributed by atoms with van der Waals surface area (Å²) in [5, 5.41) is 9.61. The van der Waals surface area contributed by atoms with E-state index in [1.165, 1.54) is 0 Å². The minimum atomic E-state index is -0.492. The zero-order valence-corrected chi connectivity index (χ0v) is 16.7. The maximum Gasteiger partial charge on any atom is 0.407 e. The van der Waals surface area contributed by atoms with Crippen molar-refractivity contribution in [1.82, 2.24) is 16.0 Å². The summed E-state index contributed by atoms with van der Waals surface area (Å²) in [7, 11) is 1.76. The number of ether oxygens (including phenoxy) is 2. The summed E-state index contributed by atoms with van der Waals surface area (Å²) in [4.78, 5) is 16.2. The van der Waals surface area contributed by atoms with Crippen molar-refractivity contribution in [2.24, 2.45) is 10.4 Å². The number of guanidine groups is 1. The molecule has 146 valence electrons. The molecule has 1 fully saturated rings. The van der Waals surface area contributed by atoms with Crippen LogP contribution in [0.3, 0.4) is 0 Å². The highest BCUT2D eigenvalue weighted by molar-refractivity contribution is 5.80. The van der Waals surface area contributed by atoms with Crippen LogP contribution in [0.25, 0.3) is 0 Å². The van der Waals surface area contributed by atoms with Gasteiger partial charge in [-0.15, -0.1) is 0 Å². The average molecular weight is 357 g/mol. The summed E-state index contributed by atoms with van der Waals surface area (Å²) >= 11 is 0.